The minimum atomic E-state index is -0.144. The molecule has 0 aliphatic heterocycles. The number of aromatic nitrogens is 1. The molecule has 0 unspecified atom stereocenters. The number of aromatic amines is 1. The summed E-state index contributed by atoms with van der Waals surface area (Å²) in [7, 11) is 4.84. The zero-order valence-corrected chi connectivity index (χ0v) is 20.8. The molecule has 2 N–H and O–H groups in total. The van der Waals surface area contributed by atoms with Gasteiger partial charge >= 0.3 is 0 Å². The van der Waals surface area contributed by atoms with Gasteiger partial charge in [0.15, 0.2) is 11.5 Å². The molecule has 4 aromatic rings. The number of amides is 1. The molecular weight excluding hydrogens is 460 g/mol. The van der Waals surface area contributed by atoms with E-state index in [9.17, 15) is 4.79 Å². The molecule has 180 valence electrons. The fraction of sp³-hybridized carbons (Fsp3) is 0.179. The molecule has 7 heteroatoms. The maximum atomic E-state index is 12.3. The van der Waals surface area contributed by atoms with Crippen LogP contribution in [0.3, 0.4) is 0 Å². The fourth-order valence-corrected chi connectivity index (χ4v) is 4.80. The van der Waals surface area contributed by atoms with Crippen LogP contribution in [0.1, 0.15) is 5.56 Å². The van der Waals surface area contributed by atoms with Crippen LogP contribution in [0.25, 0.3) is 28.2 Å². The zero-order valence-electron chi connectivity index (χ0n) is 20.0. The van der Waals surface area contributed by atoms with E-state index in [1.54, 1.807) is 39.2 Å². The van der Waals surface area contributed by atoms with Gasteiger partial charge in [0.05, 0.1) is 27.0 Å². The molecule has 0 spiro atoms. The first-order valence-electron chi connectivity index (χ1n) is 11.2. The highest BCUT2D eigenvalue weighted by Crippen LogP contribution is 2.38. The van der Waals surface area contributed by atoms with Gasteiger partial charge in [0.2, 0.25) is 5.91 Å². The highest BCUT2D eigenvalue weighted by molar-refractivity contribution is 7.99. The highest BCUT2D eigenvalue weighted by Gasteiger charge is 2.14. The number of thioether (sulfide) groups is 1. The first-order valence-corrected chi connectivity index (χ1v) is 12.2. The van der Waals surface area contributed by atoms with Crippen LogP contribution in [-0.2, 0) is 4.79 Å². The fourth-order valence-electron chi connectivity index (χ4n) is 3.74. The van der Waals surface area contributed by atoms with Crippen LogP contribution in [0.15, 0.2) is 77.7 Å². The van der Waals surface area contributed by atoms with Crippen LogP contribution in [0.5, 0.6) is 17.2 Å². The molecule has 0 fully saturated rings. The second-order valence-electron chi connectivity index (χ2n) is 7.69. The lowest BCUT2D eigenvalue weighted by atomic mass is 10.1. The summed E-state index contributed by atoms with van der Waals surface area (Å²) in [6.07, 6.45) is 3.28. The molecular formula is C28H28N2O4S. The standard InChI is InChI=1S/C28H28N2O4S/c1-32-21-12-10-20(11-13-21)27-28(22-6-4-5-7-23(22)30-27)35-17-16-29-26(31)15-9-19-8-14-24(33-2)25(18-19)34-3/h4-15,18,30H,16-17H2,1-3H3,(H,29,31). The number of hydrogen-bond donors (Lipinski definition) is 2. The normalized spacial score (nSPS) is 11.1. The number of carbonyl (C=O) groups is 1. The Kier molecular flexibility index (Phi) is 8.00. The van der Waals surface area contributed by atoms with Gasteiger partial charge < -0.3 is 24.5 Å². The molecule has 0 radical (unpaired) electrons. The van der Waals surface area contributed by atoms with Gasteiger partial charge in [-0.25, -0.2) is 0 Å². The highest BCUT2D eigenvalue weighted by atomic mass is 32.2. The smallest absolute Gasteiger partial charge is 0.244 e. The molecule has 4 rings (SSSR count). The van der Waals surface area contributed by atoms with E-state index in [1.807, 2.05) is 54.6 Å². The van der Waals surface area contributed by atoms with Crippen molar-refractivity contribution in [3.63, 3.8) is 0 Å². The van der Waals surface area contributed by atoms with E-state index in [4.69, 9.17) is 14.2 Å². The summed E-state index contributed by atoms with van der Waals surface area (Å²) in [6.45, 7) is 0.543. The van der Waals surface area contributed by atoms with Gasteiger partial charge in [-0.15, -0.1) is 11.8 Å². The molecule has 1 heterocycles. The minimum Gasteiger partial charge on any atom is -0.497 e. The summed E-state index contributed by atoms with van der Waals surface area (Å²) in [5.41, 5.74) is 4.10. The largest absolute Gasteiger partial charge is 0.497 e. The van der Waals surface area contributed by atoms with Gasteiger partial charge in [-0.2, -0.15) is 0 Å². The Balaban J connectivity index is 1.39. The quantitative estimate of drug-likeness (QED) is 0.168. The SMILES string of the molecule is COc1ccc(-c2[nH]c3ccccc3c2SCCNC(=O)C=Cc2ccc(OC)c(OC)c2)cc1. The van der Waals surface area contributed by atoms with Crippen molar-refractivity contribution < 1.29 is 19.0 Å². The number of H-pyrrole nitrogens is 1. The first-order chi connectivity index (χ1) is 17.1. The topological polar surface area (TPSA) is 72.6 Å². The Morgan fingerprint density at radius 3 is 2.46 bits per heavy atom. The maximum absolute atomic E-state index is 12.3. The molecule has 0 aliphatic rings. The molecule has 0 bridgehead atoms. The predicted molar refractivity (Wildman–Crippen MR) is 143 cm³/mol. The van der Waals surface area contributed by atoms with Crippen molar-refractivity contribution in [2.75, 3.05) is 33.6 Å². The van der Waals surface area contributed by atoms with Gasteiger partial charge in [0.25, 0.3) is 0 Å². The van der Waals surface area contributed by atoms with E-state index in [2.05, 4.69) is 22.4 Å². The van der Waals surface area contributed by atoms with Gasteiger partial charge in [0.1, 0.15) is 5.75 Å². The number of fused-ring (bicyclic) bond motifs is 1. The monoisotopic (exact) mass is 488 g/mol. The lowest BCUT2D eigenvalue weighted by Crippen LogP contribution is -2.23. The van der Waals surface area contributed by atoms with Gasteiger partial charge in [0, 0.05) is 34.2 Å². The van der Waals surface area contributed by atoms with E-state index in [-0.39, 0.29) is 5.91 Å². The predicted octanol–water partition coefficient (Wildman–Crippen LogP) is 5.78. The molecule has 3 aromatic carbocycles. The Bertz CT molecular complexity index is 1330. The maximum Gasteiger partial charge on any atom is 0.244 e. The number of para-hydroxylation sites is 1. The lowest BCUT2D eigenvalue weighted by Gasteiger charge is -2.08. The van der Waals surface area contributed by atoms with Crippen LogP contribution in [0.2, 0.25) is 0 Å². The number of rotatable bonds is 10. The van der Waals surface area contributed by atoms with Crippen molar-refractivity contribution >= 4 is 34.6 Å². The molecule has 1 amide bonds. The summed E-state index contributed by atoms with van der Waals surface area (Å²) < 4.78 is 15.9. The Morgan fingerprint density at radius 1 is 0.943 bits per heavy atom. The number of methoxy groups -OCH3 is 3. The van der Waals surface area contributed by atoms with Crippen LogP contribution in [0.4, 0.5) is 0 Å². The molecule has 6 nitrogen and oxygen atoms in total. The van der Waals surface area contributed by atoms with E-state index >= 15 is 0 Å². The molecule has 0 aliphatic carbocycles. The van der Waals surface area contributed by atoms with Crippen molar-refractivity contribution in [2.24, 2.45) is 0 Å². The average molecular weight is 489 g/mol. The van der Waals surface area contributed by atoms with Crippen LogP contribution < -0.4 is 19.5 Å². The zero-order chi connectivity index (χ0) is 24.6. The van der Waals surface area contributed by atoms with Crippen LogP contribution in [0, 0.1) is 0 Å². The van der Waals surface area contributed by atoms with E-state index in [0.717, 1.165) is 33.8 Å². The average Bonchev–Trinajstić information content (AvgIpc) is 3.28. The van der Waals surface area contributed by atoms with Crippen molar-refractivity contribution in [1.82, 2.24) is 10.3 Å². The van der Waals surface area contributed by atoms with E-state index in [1.165, 1.54) is 16.4 Å². The summed E-state index contributed by atoms with van der Waals surface area (Å²) >= 11 is 1.72. The number of benzene rings is 3. The van der Waals surface area contributed by atoms with E-state index in [0.29, 0.717) is 18.0 Å². The summed E-state index contributed by atoms with van der Waals surface area (Å²) in [5.74, 6) is 2.69. The van der Waals surface area contributed by atoms with Gasteiger partial charge in [-0.3, -0.25) is 4.79 Å². The first kappa shape index (κ1) is 24.3. The Hall–Kier alpha value is -3.84. The van der Waals surface area contributed by atoms with Crippen molar-refractivity contribution in [1.29, 1.82) is 0 Å². The molecule has 0 saturated heterocycles. The number of nitrogens with one attached hydrogen (secondary N) is 2. The minimum absolute atomic E-state index is 0.144. The van der Waals surface area contributed by atoms with Gasteiger partial charge in [-0.1, -0.05) is 24.3 Å². The number of hydrogen-bond acceptors (Lipinski definition) is 5. The van der Waals surface area contributed by atoms with Crippen molar-refractivity contribution in [2.45, 2.75) is 4.90 Å². The second kappa shape index (κ2) is 11.5. The Labute approximate surface area is 209 Å². The summed E-state index contributed by atoms with van der Waals surface area (Å²) in [4.78, 5) is 17.0. The summed E-state index contributed by atoms with van der Waals surface area (Å²) in [6, 6.07) is 21.8. The lowest BCUT2D eigenvalue weighted by molar-refractivity contribution is -0.116. The third-order valence-electron chi connectivity index (χ3n) is 5.52. The van der Waals surface area contributed by atoms with Crippen molar-refractivity contribution in [3.05, 3.63) is 78.4 Å². The summed E-state index contributed by atoms with van der Waals surface area (Å²) in [5, 5.41) is 4.13. The third kappa shape index (κ3) is 5.81. The molecule has 1 aromatic heterocycles. The number of ether oxygens (including phenoxy) is 3. The molecule has 0 saturated carbocycles. The van der Waals surface area contributed by atoms with Crippen molar-refractivity contribution in [3.8, 4) is 28.5 Å². The van der Waals surface area contributed by atoms with E-state index < -0.39 is 0 Å². The second-order valence-corrected chi connectivity index (χ2v) is 8.80. The van der Waals surface area contributed by atoms with Crippen LogP contribution >= 0.6 is 11.8 Å². The molecule has 35 heavy (non-hydrogen) atoms. The Morgan fingerprint density at radius 2 is 1.71 bits per heavy atom. The number of carbonyl (C=O) groups excluding carboxylic acids is 1. The third-order valence-corrected chi connectivity index (χ3v) is 6.64. The van der Waals surface area contributed by atoms with Crippen LogP contribution in [-0.4, -0.2) is 44.5 Å². The van der Waals surface area contributed by atoms with Gasteiger partial charge in [-0.05, 0) is 59.7 Å². The molecule has 0 atom stereocenters.